The Morgan fingerprint density at radius 3 is 2.12 bits per heavy atom. The number of aromatic hydroxyl groups is 2. The van der Waals surface area contributed by atoms with Gasteiger partial charge in [-0.25, -0.2) is 4.79 Å². The Labute approximate surface area is 149 Å². The van der Waals surface area contributed by atoms with Crippen LogP contribution < -0.4 is 0 Å². The van der Waals surface area contributed by atoms with E-state index in [1.165, 1.54) is 31.2 Å². The van der Waals surface area contributed by atoms with E-state index in [4.69, 9.17) is 5.11 Å². The van der Waals surface area contributed by atoms with Gasteiger partial charge in [-0.3, -0.25) is 9.59 Å². The highest BCUT2D eigenvalue weighted by atomic mass is 16.4. The number of ketones is 2. The van der Waals surface area contributed by atoms with E-state index < -0.39 is 5.97 Å². The number of benzene rings is 2. The van der Waals surface area contributed by atoms with Crippen molar-refractivity contribution in [1.82, 2.24) is 0 Å². The van der Waals surface area contributed by atoms with E-state index in [9.17, 15) is 24.6 Å². The van der Waals surface area contributed by atoms with Crippen molar-refractivity contribution in [3.8, 4) is 11.5 Å². The van der Waals surface area contributed by atoms with Crippen LogP contribution in [0.2, 0.25) is 0 Å². The standard InChI is InChI=1S/C20H16O6/c1-12(21)16-10-15(18(23)11-19(16)24)7-8-17(22)14-5-2-13(3-6-14)4-9-20(25)26/h2-11,23-24H,1H3,(H,25,26)/b8-7+,9-4+. The molecule has 0 aliphatic heterocycles. The predicted octanol–water partition coefficient (Wildman–Crippen LogP) is 3.29. The lowest BCUT2D eigenvalue weighted by Gasteiger charge is -2.05. The fourth-order valence-corrected chi connectivity index (χ4v) is 2.20. The molecule has 0 heterocycles. The number of carbonyl (C=O) groups is 3. The van der Waals surface area contributed by atoms with E-state index in [-0.39, 0.29) is 34.2 Å². The molecule has 0 aliphatic rings. The molecule has 0 bridgehead atoms. The van der Waals surface area contributed by atoms with E-state index in [0.717, 1.165) is 12.1 Å². The number of carbonyl (C=O) groups excluding carboxylic acids is 2. The third-order valence-corrected chi connectivity index (χ3v) is 3.55. The minimum atomic E-state index is -1.06. The van der Waals surface area contributed by atoms with Gasteiger partial charge in [-0.15, -0.1) is 0 Å². The first-order valence-electron chi connectivity index (χ1n) is 7.58. The molecule has 0 spiro atoms. The molecule has 0 saturated heterocycles. The molecule has 26 heavy (non-hydrogen) atoms. The van der Waals surface area contributed by atoms with Gasteiger partial charge in [0.25, 0.3) is 0 Å². The minimum absolute atomic E-state index is 0.0458. The van der Waals surface area contributed by atoms with E-state index in [2.05, 4.69) is 0 Å². The van der Waals surface area contributed by atoms with E-state index in [0.29, 0.717) is 11.1 Å². The maximum atomic E-state index is 12.2. The molecule has 0 amide bonds. The van der Waals surface area contributed by atoms with Gasteiger partial charge >= 0.3 is 5.97 Å². The fourth-order valence-electron chi connectivity index (χ4n) is 2.20. The fraction of sp³-hybridized carbons (Fsp3) is 0.0500. The molecule has 0 atom stereocenters. The largest absolute Gasteiger partial charge is 0.507 e. The molecule has 0 radical (unpaired) electrons. The molecule has 2 aromatic rings. The van der Waals surface area contributed by atoms with Crippen LogP contribution in [-0.4, -0.2) is 32.9 Å². The number of hydrogen-bond donors (Lipinski definition) is 3. The lowest BCUT2D eigenvalue weighted by molar-refractivity contribution is -0.131. The normalized spacial score (nSPS) is 11.1. The number of phenols is 2. The molecule has 0 saturated carbocycles. The maximum Gasteiger partial charge on any atom is 0.328 e. The first kappa shape index (κ1) is 18.7. The van der Waals surface area contributed by atoms with Gasteiger partial charge in [-0.1, -0.05) is 24.3 Å². The molecule has 2 aromatic carbocycles. The van der Waals surface area contributed by atoms with Crippen LogP contribution in [-0.2, 0) is 4.79 Å². The average molecular weight is 352 g/mol. The van der Waals surface area contributed by atoms with Crippen molar-refractivity contribution >= 4 is 29.7 Å². The van der Waals surface area contributed by atoms with E-state index in [1.54, 1.807) is 24.3 Å². The molecule has 0 fully saturated rings. The van der Waals surface area contributed by atoms with Crippen molar-refractivity contribution in [2.24, 2.45) is 0 Å². The SMILES string of the molecule is CC(=O)c1cc(/C=C/C(=O)c2ccc(/C=C/C(=O)O)cc2)c(O)cc1O. The minimum Gasteiger partial charge on any atom is -0.507 e. The monoisotopic (exact) mass is 352 g/mol. The average Bonchev–Trinajstić information content (AvgIpc) is 2.59. The van der Waals surface area contributed by atoms with Crippen LogP contribution in [0.1, 0.15) is 38.8 Å². The molecule has 6 heteroatoms. The highest BCUT2D eigenvalue weighted by Gasteiger charge is 2.11. The van der Waals surface area contributed by atoms with Crippen molar-refractivity contribution in [3.63, 3.8) is 0 Å². The Morgan fingerprint density at radius 1 is 0.885 bits per heavy atom. The Balaban J connectivity index is 2.20. The number of hydrogen-bond acceptors (Lipinski definition) is 5. The predicted molar refractivity (Wildman–Crippen MR) is 96.3 cm³/mol. The van der Waals surface area contributed by atoms with Crippen LogP contribution in [0.15, 0.2) is 48.6 Å². The van der Waals surface area contributed by atoms with Gasteiger partial charge in [0, 0.05) is 23.3 Å². The third-order valence-electron chi connectivity index (χ3n) is 3.55. The first-order chi connectivity index (χ1) is 12.3. The van der Waals surface area contributed by atoms with Crippen LogP contribution in [0.4, 0.5) is 0 Å². The number of rotatable bonds is 6. The molecule has 3 N–H and O–H groups in total. The first-order valence-corrected chi connectivity index (χ1v) is 7.58. The zero-order valence-corrected chi connectivity index (χ0v) is 13.8. The highest BCUT2D eigenvalue weighted by molar-refractivity contribution is 6.07. The van der Waals surface area contributed by atoms with Gasteiger partial charge < -0.3 is 15.3 Å². The van der Waals surface area contributed by atoms with Gasteiger partial charge in [0.1, 0.15) is 11.5 Å². The van der Waals surface area contributed by atoms with Crippen LogP contribution in [0.3, 0.4) is 0 Å². The Bertz CT molecular complexity index is 920. The molecule has 6 nitrogen and oxygen atoms in total. The van der Waals surface area contributed by atoms with Crippen molar-refractivity contribution in [2.45, 2.75) is 6.92 Å². The summed E-state index contributed by atoms with van der Waals surface area (Å²) in [5.74, 6) is -2.36. The summed E-state index contributed by atoms with van der Waals surface area (Å²) in [7, 11) is 0. The molecular weight excluding hydrogens is 336 g/mol. The second-order valence-corrected chi connectivity index (χ2v) is 5.48. The Kier molecular flexibility index (Phi) is 5.70. The summed E-state index contributed by atoms with van der Waals surface area (Å²) in [6.45, 7) is 1.28. The molecule has 132 valence electrons. The van der Waals surface area contributed by atoms with Crippen LogP contribution >= 0.6 is 0 Å². The van der Waals surface area contributed by atoms with Crippen LogP contribution in [0.5, 0.6) is 11.5 Å². The summed E-state index contributed by atoms with van der Waals surface area (Å²) in [6.07, 6.45) is 4.99. The van der Waals surface area contributed by atoms with Gasteiger partial charge in [-0.2, -0.15) is 0 Å². The quantitative estimate of drug-likeness (QED) is 0.543. The molecule has 2 rings (SSSR count). The van der Waals surface area contributed by atoms with E-state index in [1.807, 2.05) is 0 Å². The second kappa shape index (κ2) is 7.94. The Hall–Kier alpha value is -3.67. The highest BCUT2D eigenvalue weighted by Crippen LogP contribution is 2.28. The molecule has 0 aromatic heterocycles. The van der Waals surface area contributed by atoms with Crippen LogP contribution in [0.25, 0.3) is 12.2 Å². The summed E-state index contributed by atoms with van der Waals surface area (Å²) in [6, 6.07) is 8.65. The van der Waals surface area contributed by atoms with Crippen molar-refractivity contribution in [1.29, 1.82) is 0 Å². The zero-order valence-electron chi connectivity index (χ0n) is 13.8. The summed E-state index contributed by atoms with van der Waals surface area (Å²) in [5, 5.41) is 28.0. The third kappa shape index (κ3) is 4.67. The maximum absolute atomic E-state index is 12.2. The number of carboxylic acids is 1. The van der Waals surface area contributed by atoms with Gasteiger partial charge in [0.05, 0.1) is 5.56 Å². The zero-order chi connectivity index (χ0) is 19.3. The summed E-state index contributed by atoms with van der Waals surface area (Å²) in [4.78, 5) is 34.1. The van der Waals surface area contributed by atoms with Crippen LogP contribution in [0, 0.1) is 0 Å². The number of carboxylic acid groups (broad SMARTS) is 1. The number of allylic oxidation sites excluding steroid dienone is 1. The van der Waals surface area contributed by atoms with Gasteiger partial charge in [0.15, 0.2) is 11.6 Å². The second-order valence-electron chi connectivity index (χ2n) is 5.48. The lowest BCUT2D eigenvalue weighted by atomic mass is 10.0. The lowest BCUT2D eigenvalue weighted by Crippen LogP contribution is -1.95. The van der Waals surface area contributed by atoms with Crippen molar-refractivity contribution in [2.75, 3.05) is 0 Å². The smallest absolute Gasteiger partial charge is 0.328 e. The van der Waals surface area contributed by atoms with Crippen molar-refractivity contribution < 1.29 is 29.7 Å². The van der Waals surface area contributed by atoms with Crippen molar-refractivity contribution in [3.05, 3.63) is 70.8 Å². The summed E-state index contributed by atoms with van der Waals surface area (Å²) < 4.78 is 0. The molecule has 0 unspecified atom stereocenters. The molecule has 0 aliphatic carbocycles. The number of aliphatic carboxylic acids is 1. The summed E-state index contributed by atoms with van der Waals surface area (Å²) in [5.41, 5.74) is 1.28. The molecular formula is C20H16O6. The van der Waals surface area contributed by atoms with E-state index >= 15 is 0 Å². The van der Waals surface area contributed by atoms with Gasteiger partial charge in [0.2, 0.25) is 0 Å². The Morgan fingerprint density at radius 2 is 1.54 bits per heavy atom. The summed E-state index contributed by atoms with van der Waals surface area (Å²) >= 11 is 0. The number of phenolic OH excluding ortho intramolecular Hbond substituents is 2. The number of Topliss-reactive ketones (excluding diaryl/α,β-unsaturated/α-hetero) is 1. The topological polar surface area (TPSA) is 112 Å². The van der Waals surface area contributed by atoms with Gasteiger partial charge in [-0.05, 0) is 36.8 Å².